The third-order valence-corrected chi connectivity index (χ3v) is 4.44. The van der Waals surface area contributed by atoms with Crippen LogP contribution in [0.5, 0.6) is 11.5 Å². The van der Waals surface area contributed by atoms with Crippen LogP contribution in [0.15, 0.2) is 36.4 Å². The number of hydrogen-bond acceptors (Lipinski definition) is 7. The number of rotatable bonds is 10. The van der Waals surface area contributed by atoms with E-state index < -0.39 is 40.7 Å². The van der Waals surface area contributed by atoms with Gasteiger partial charge in [-0.3, -0.25) is 14.9 Å². The Balaban J connectivity index is 2.17. The van der Waals surface area contributed by atoms with E-state index in [1.807, 2.05) is 0 Å². The van der Waals surface area contributed by atoms with Crippen LogP contribution >= 0.6 is 11.6 Å². The highest BCUT2D eigenvalue weighted by atomic mass is 35.5. The number of esters is 2. The molecule has 1 atom stereocenters. The number of nitro benzene ring substituents is 1. The summed E-state index contributed by atoms with van der Waals surface area (Å²) in [5, 5.41) is 11.1. The molecule has 0 aromatic heterocycles. The summed E-state index contributed by atoms with van der Waals surface area (Å²) in [4.78, 5) is 34.2. The van der Waals surface area contributed by atoms with Crippen LogP contribution < -0.4 is 4.74 Å². The molecule has 2 aromatic rings. The SMILES string of the molecule is CC(C)C(=O)OCCOC(=O)c1cc(Oc2ccc(C(F)C(F)F)cc2Cl)ccc1[N+](=O)[O-]. The first-order chi connectivity index (χ1) is 15.5. The minimum Gasteiger partial charge on any atom is -0.462 e. The topological polar surface area (TPSA) is 105 Å². The molecule has 8 nitrogen and oxygen atoms in total. The summed E-state index contributed by atoms with van der Waals surface area (Å²) in [6.07, 6.45) is -5.76. The number of benzene rings is 2. The summed E-state index contributed by atoms with van der Waals surface area (Å²) in [5.74, 6) is -2.05. The molecule has 178 valence electrons. The number of halogens is 4. The first-order valence-electron chi connectivity index (χ1n) is 9.53. The average Bonchev–Trinajstić information content (AvgIpc) is 2.76. The third-order valence-electron chi connectivity index (χ3n) is 4.14. The molecule has 0 aliphatic heterocycles. The van der Waals surface area contributed by atoms with Crippen molar-refractivity contribution < 1.29 is 41.9 Å². The molecule has 0 radical (unpaired) electrons. The van der Waals surface area contributed by atoms with Crippen LogP contribution in [0.2, 0.25) is 5.02 Å². The van der Waals surface area contributed by atoms with Crippen molar-refractivity contribution in [3.63, 3.8) is 0 Å². The van der Waals surface area contributed by atoms with E-state index in [1.165, 1.54) is 6.07 Å². The molecule has 33 heavy (non-hydrogen) atoms. The molecule has 0 heterocycles. The first kappa shape index (κ1) is 25.9. The van der Waals surface area contributed by atoms with Gasteiger partial charge in [0, 0.05) is 12.1 Å². The Bertz CT molecular complexity index is 1030. The van der Waals surface area contributed by atoms with Crippen molar-refractivity contribution in [2.75, 3.05) is 13.2 Å². The van der Waals surface area contributed by atoms with Gasteiger partial charge in [-0.05, 0) is 23.8 Å². The minimum atomic E-state index is -3.23. The van der Waals surface area contributed by atoms with Gasteiger partial charge in [-0.25, -0.2) is 18.0 Å². The Morgan fingerprint density at radius 1 is 1.06 bits per heavy atom. The van der Waals surface area contributed by atoms with Crippen molar-refractivity contribution in [1.82, 2.24) is 0 Å². The van der Waals surface area contributed by atoms with Crippen LogP contribution in [0.4, 0.5) is 18.9 Å². The van der Waals surface area contributed by atoms with Crippen LogP contribution in [-0.4, -0.2) is 36.5 Å². The van der Waals surface area contributed by atoms with E-state index in [2.05, 4.69) is 0 Å². The molecule has 1 unspecified atom stereocenters. The molecular weight excluding hydrogens is 471 g/mol. The number of hydrogen-bond donors (Lipinski definition) is 0. The van der Waals surface area contributed by atoms with Gasteiger partial charge in [0.2, 0.25) is 0 Å². The zero-order chi connectivity index (χ0) is 24.7. The van der Waals surface area contributed by atoms with Crippen molar-refractivity contribution in [1.29, 1.82) is 0 Å². The lowest BCUT2D eigenvalue weighted by Gasteiger charge is -2.12. The summed E-state index contributed by atoms with van der Waals surface area (Å²) < 4.78 is 53.8. The molecule has 0 saturated carbocycles. The molecule has 0 saturated heterocycles. The molecule has 0 N–H and O–H groups in total. The fourth-order valence-electron chi connectivity index (χ4n) is 2.47. The normalized spacial score (nSPS) is 11.9. The predicted molar refractivity (Wildman–Crippen MR) is 111 cm³/mol. The van der Waals surface area contributed by atoms with Gasteiger partial charge in [-0.15, -0.1) is 0 Å². The number of carbonyl (C=O) groups is 2. The summed E-state index contributed by atoms with van der Waals surface area (Å²) in [7, 11) is 0. The summed E-state index contributed by atoms with van der Waals surface area (Å²) in [6, 6.07) is 6.38. The van der Waals surface area contributed by atoms with E-state index in [1.54, 1.807) is 13.8 Å². The molecule has 12 heteroatoms. The van der Waals surface area contributed by atoms with Gasteiger partial charge in [-0.2, -0.15) is 0 Å². The molecule has 2 rings (SSSR count). The standard InChI is InChI=1S/C21H19ClF3NO7/c1-11(2)20(27)31-7-8-32-21(28)14-10-13(4-5-16(14)26(29)30)33-17-6-3-12(9-15(17)22)18(23)19(24)25/h3-6,9-11,18-19H,7-8H2,1-2H3. The van der Waals surface area contributed by atoms with Crippen LogP contribution in [0.1, 0.15) is 35.9 Å². The Hall–Kier alpha value is -3.34. The Kier molecular flexibility index (Phi) is 9.03. The molecule has 0 aliphatic carbocycles. The van der Waals surface area contributed by atoms with Gasteiger partial charge in [0.25, 0.3) is 12.1 Å². The second-order valence-corrected chi connectivity index (χ2v) is 7.33. The van der Waals surface area contributed by atoms with Crippen molar-refractivity contribution in [3.8, 4) is 11.5 Å². The number of nitro groups is 1. The molecule has 0 bridgehead atoms. The van der Waals surface area contributed by atoms with Gasteiger partial charge in [0.15, 0.2) is 6.17 Å². The monoisotopic (exact) mass is 489 g/mol. The second-order valence-electron chi connectivity index (χ2n) is 6.92. The predicted octanol–water partition coefficient (Wildman–Crippen LogP) is 5.67. The summed E-state index contributed by atoms with van der Waals surface area (Å²) in [5.41, 5.74) is -1.36. The Morgan fingerprint density at radius 2 is 1.73 bits per heavy atom. The van der Waals surface area contributed by atoms with Gasteiger partial charge < -0.3 is 14.2 Å². The lowest BCUT2D eigenvalue weighted by atomic mass is 10.1. The van der Waals surface area contributed by atoms with Gasteiger partial charge in [0.1, 0.15) is 30.3 Å². The van der Waals surface area contributed by atoms with Crippen molar-refractivity contribution in [2.45, 2.75) is 26.4 Å². The summed E-state index contributed by atoms with van der Waals surface area (Å²) in [6.45, 7) is 2.68. The lowest BCUT2D eigenvalue weighted by molar-refractivity contribution is -0.385. The van der Waals surface area contributed by atoms with Crippen molar-refractivity contribution in [3.05, 3.63) is 62.7 Å². The number of nitrogens with zero attached hydrogens (tertiary/aromatic N) is 1. The van der Waals surface area contributed by atoms with E-state index in [0.717, 1.165) is 30.3 Å². The molecule has 0 fully saturated rings. The van der Waals surface area contributed by atoms with E-state index in [9.17, 15) is 32.9 Å². The number of carbonyl (C=O) groups excluding carboxylic acids is 2. The van der Waals surface area contributed by atoms with Crippen LogP contribution in [0, 0.1) is 16.0 Å². The van der Waals surface area contributed by atoms with E-state index in [0.29, 0.717) is 0 Å². The average molecular weight is 490 g/mol. The van der Waals surface area contributed by atoms with E-state index in [4.69, 9.17) is 25.8 Å². The number of ether oxygens (including phenoxy) is 3. The first-order valence-corrected chi connectivity index (χ1v) is 9.90. The van der Waals surface area contributed by atoms with Gasteiger partial charge >= 0.3 is 11.9 Å². The minimum absolute atomic E-state index is 0.0564. The fourth-order valence-corrected chi connectivity index (χ4v) is 2.69. The maximum Gasteiger partial charge on any atom is 0.345 e. The molecule has 0 amide bonds. The van der Waals surface area contributed by atoms with Crippen molar-refractivity contribution >= 4 is 29.2 Å². The van der Waals surface area contributed by atoms with E-state index >= 15 is 0 Å². The summed E-state index contributed by atoms with van der Waals surface area (Å²) >= 11 is 5.97. The van der Waals surface area contributed by atoms with Crippen LogP contribution in [-0.2, 0) is 14.3 Å². The largest absolute Gasteiger partial charge is 0.462 e. The Labute approximate surface area is 191 Å². The highest BCUT2D eigenvalue weighted by Gasteiger charge is 2.24. The zero-order valence-corrected chi connectivity index (χ0v) is 18.2. The van der Waals surface area contributed by atoms with E-state index in [-0.39, 0.29) is 41.2 Å². The Morgan fingerprint density at radius 3 is 2.30 bits per heavy atom. The molecule has 0 aliphatic rings. The third kappa shape index (κ3) is 7.07. The van der Waals surface area contributed by atoms with Gasteiger partial charge in [-0.1, -0.05) is 31.5 Å². The fraction of sp³-hybridized carbons (Fsp3) is 0.333. The van der Waals surface area contributed by atoms with Crippen molar-refractivity contribution in [2.24, 2.45) is 5.92 Å². The van der Waals surface area contributed by atoms with Gasteiger partial charge in [0.05, 0.1) is 15.9 Å². The molecule has 2 aromatic carbocycles. The van der Waals surface area contributed by atoms with Crippen LogP contribution in [0.25, 0.3) is 0 Å². The smallest absolute Gasteiger partial charge is 0.345 e. The highest BCUT2D eigenvalue weighted by Crippen LogP contribution is 2.35. The lowest BCUT2D eigenvalue weighted by Crippen LogP contribution is -2.17. The number of alkyl halides is 3. The second kappa shape index (κ2) is 11.5. The molecular formula is C21H19ClF3NO7. The maximum atomic E-state index is 13.5. The maximum absolute atomic E-state index is 13.5. The quantitative estimate of drug-likeness (QED) is 0.183. The highest BCUT2D eigenvalue weighted by molar-refractivity contribution is 6.32. The zero-order valence-electron chi connectivity index (χ0n) is 17.4. The van der Waals surface area contributed by atoms with Crippen LogP contribution in [0.3, 0.4) is 0 Å². The molecule has 0 spiro atoms.